The molecule has 4 heteroatoms. The minimum absolute atomic E-state index is 0.350. The van der Waals surface area contributed by atoms with E-state index in [1.165, 1.54) is 14.9 Å². The van der Waals surface area contributed by atoms with E-state index in [1.807, 2.05) is 0 Å². The smallest absolute Gasteiger partial charge is 0.0679 e. The molecule has 1 nitrogen and oxygen atoms in total. The van der Waals surface area contributed by atoms with E-state index in [0.29, 0.717) is 6.04 Å². The third kappa shape index (κ3) is 2.94. The first-order valence-electron chi connectivity index (χ1n) is 5.30. The van der Waals surface area contributed by atoms with Crippen LogP contribution < -0.4 is 5.32 Å². The van der Waals surface area contributed by atoms with Crippen molar-refractivity contribution in [3.05, 3.63) is 43.2 Å². The predicted octanol–water partition coefficient (Wildman–Crippen LogP) is 4.66. The average Bonchev–Trinajstić information content (AvgIpc) is 2.91. The van der Waals surface area contributed by atoms with Gasteiger partial charge in [0.15, 0.2) is 0 Å². The minimum Gasteiger partial charge on any atom is -0.306 e. The van der Waals surface area contributed by atoms with E-state index < -0.39 is 0 Å². The highest BCUT2D eigenvalue weighted by Crippen LogP contribution is 2.31. The molecule has 0 aromatic carbocycles. The molecule has 0 radical (unpaired) electrons. The zero-order valence-corrected chi connectivity index (χ0v) is 12.3. The largest absolute Gasteiger partial charge is 0.306 e. The molecule has 0 bridgehead atoms. The molecule has 86 valence electrons. The number of rotatable bonds is 5. The van der Waals surface area contributed by atoms with Crippen molar-refractivity contribution in [3.8, 4) is 0 Å². The van der Waals surface area contributed by atoms with Crippen molar-refractivity contribution in [2.24, 2.45) is 0 Å². The highest BCUT2D eigenvalue weighted by atomic mass is 79.9. The van der Waals surface area contributed by atoms with Crippen molar-refractivity contribution in [2.75, 3.05) is 6.54 Å². The second-order valence-electron chi connectivity index (χ2n) is 3.61. The zero-order valence-electron chi connectivity index (χ0n) is 9.07. The normalized spacial score (nSPS) is 12.9. The Hall–Kier alpha value is -0.160. The van der Waals surface area contributed by atoms with Crippen molar-refractivity contribution in [1.29, 1.82) is 0 Å². The second-order valence-corrected chi connectivity index (χ2v) is 6.25. The van der Waals surface area contributed by atoms with Gasteiger partial charge in [-0.3, -0.25) is 0 Å². The Balaban J connectivity index is 2.21. The van der Waals surface area contributed by atoms with Crippen LogP contribution in [0.15, 0.2) is 32.7 Å². The fraction of sp³-hybridized carbons (Fsp3) is 0.333. The molecule has 2 rings (SSSR count). The van der Waals surface area contributed by atoms with Gasteiger partial charge < -0.3 is 5.32 Å². The lowest BCUT2D eigenvalue weighted by atomic mass is 10.1. The van der Waals surface area contributed by atoms with Gasteiger partial charge in [-0.25, -0.2) is 0 Å². The van der Waals surface area contributed by atoms with Gasteiger partial charge >= 0.3 is 0 Å². The van der Waals surface area contributed by atoms with Crippen LogP contribution in [-0.4, -0.2) is 6.54 Å². The quantitative estimate of drug-likeness (QED) is 0.846. The van der Waals surface area contributed by atoms with Gasteiger partial charge in [-0.1, -0.05) is 6.92 Å². The summed E-state index contributed by atoms with van der Waals surface area (Å²) in [6.45, 7) is 3.25. The van der Waals surface area contributed by atoms with Crippen molar-refractivity contribution in [1.82, 2.24) is 5.32 Å². The Bertz CT molecular complexity index is 422. The molecule has 0 aliphatic carbocycles. The number of hydrogen-bond acceptors (Lipinski definition) is 3. The number of hydrogen-bond donors (Lipinski definition) is 1. The first-order chi connectivity index (χ1) is 7.81. The molecule has 0 fully saturated rings. The van der Waals surface area contributed by atoms with E-state index in [1.54, 1.807) is 22.7 Å². The molecule has 1 N–H and O–H groups in total. The van der Waals surface area contributed by atoms with Crippen molar-refractivity contribution >= 4 is 38.6 Å². The van der Waals surface area contributed by atoms with Crippen LogP contribution in [0.5, 0.6) is 0 Å². The maximum absolute atomic E-state index is 3.60. The van der Waals surface area contributed by atoms with Gasteiger partial charge in [0.25, 0.3) is 0 Å². The summed E-state index contributed by atoms with van der Waals surface area (Å²) in [5.41, 5.74) is 1.37. The van der Waals surface area contributed by atoms with Crippen LogP contribution in [0, 0.1) is 0 Å². The Morgan fingerprint density at radius 1 is 1.44 bits per heavy atom. The summed E-state index contributed by atoms with van der Waals surface area (Å²) in [5, 5.41) is 10.1. The van der Waals surface area contributed by atoms with Gasteiger partial charge in [-0.2, -0.15) is 11.3 Å². The fourth-order valence-corrected chi connectivity index (χ4v) is 3.82. The topological polar surface area (TPSA) is 12.0 Å². The lowest BCUT2D eigenvalue weighted by Gasteiger charge is -2.15. The number of nitrogens with one attached hydrogen (secondary N) is 1. The Morgan fingerprint density at radius 2 is 2.31 bits per heavy atom. The van der Waals surface area contributed by atoms with E-state index in [2.05, 4.69) is 56.4 Å². The molecule has 0 saturated heterocycles. The van der Waals surface area contributed by atoms with Gasteiger partial charge in [0.2, 0.25) is 0 Å². The Morgan fingerprint density at radius 3 is 2.88 bits per heavy atom. The van der Waals surface area contributed by atoms with Gasteiger partial charge in [0.05, 0.1) is 6.04 Å². The standard InChI is InChI=1S/C12H14BrNS2/c1-2-4-14-12(9-3-5-15-7-9)11-6-10(13)8-16-11/h3,5-8,12,14H,2,4H2,1H3. The molecule has 1 unspecified atom stereocenters. The third-order valence-corrected chi connectivity index (χ3v) is 4.81. The van der Waals surface area contributed by atoms with E-state index in [-0.39, 0.29) is 0 Å². The Labute approximate surface area is 113 Å². The van der Waals surface area contributed by atoms with Crippen molar-refractivity contribution in [3.63, 3.8) is 0 Å². The van der Waals surface area contributed by atoms with Crippen LogP contribution in [0.4, 0.5) is 0 Å². The summed E-state index contributed by atoms with van der Waals surface area (Å²) >= 11 is 7.07. The van der Waals surface area contributed by atoms with Gasteiger partial charge in [0, 0.05) is 14.7 Å². The molecule has 0 aliphatic rings. The maximum Gasteiger partial charge on any atom is 0.0679 e. The highest BCUT2D eigenvalue weighted by Gasteiger charge is 2.15. The van der Waals surface area contributed by atoms with Crippen LogP contribution in [-0.2, 0) is 0 Å². The van der Waals surface area contributed by atoms with Crippen LogP contribution >= 0.6 is 38.6 Å². The molecule has 0 spiro atoms. The first-order valence-corrected chi connectivity index (χ1v) is 7.92. The molecule has 0 aliphatic heterocycles. The first kappa shape index (κ1) is 12.3. The molecular formula is C12H14BrNS2. The van der Waals surface area contributed by atoms with Crippen LogP contribution in [0.25, 0.3) is 0 Å². The highest BCUT2D eigenvalue weighted by molar-refractivity contribution is 9.10. The van der Waals surface area contributed by atoms with E-state index in [0.717, 1.165) is 13.0 Å². The Kier molecular flexibility index (Phi) is 4.58. The van der Waals surface area contributed by atoms with Crippen molar-refractivity contribution < 1.29 is 0 Å². The average molecular weight is 316 g/mol. The van der Waals surface area contributed by atoms with Crippen LogP contribution in [0.3, 0.4) is 0 Å². The second kappa shape index (κ2) is 5.96. The van der Waals surface area contributed by atoms with Crippen LogP contribution in [0.1, 0.15) is 29.8 Å². The van der Waals surface area contributed by atoms with Crippen molar-refractivity contribution in [2.45, 2.75) is 19.4 Å². The molecule has 0 amide bonds. The van der Waals surface area contributed by atoms with E-state index >= 15 is 0 Å². The fourth-order valence-electron chi connectivity index (χ4n) is 1.59. The minimum atomic E-state index is 0.350. The number of halogens is 1. The summed E-state index contributed by atoms with van der Waals surface area (Å²) in [6, 6.07) is 4.75. The summed E-state index contributed by atoms with van der Waals surface area (Å²) in [4.78, 5) is 1.37. The van der Waals surface area contributed by atoms with Gasteiger partial charge in [0.1, 0.15) is 0 Å². The zero-order chi connectivity index (χ0) is 11.4. The summed E-state index contributed by atoms with van der Waals surface area (Å²) < 4.78 is 1.17. The summed E-state index contributed by atoms with van der Waals surface area (Å²) in [5.74, 6) is 0. The lowest BCUT2D eigenvalue weighted by molar-refractivity contribution is 0.607. The maximum atomic E-state index is 3.60. The SMILES string of the molecule is CCCNC(c1ccsc1)c1cc(Br)cs1. The molecule has 0 saturated carbocycles. The van der Waals surface area contributed by atoms with Gasteiger partial charge in [-0.15, -0.1) is 11.3 Å². The van der Waals surface area contributed by atoms with E-state index in [9.17, 15) is 0 Å². The number of thiophene rings is 2. The third-order valence-electron chi connectivity index (χ3n) is 2.35. The lowest BCUT2D eigenvalue weighted by Crippen LogP contribution is -2.21. The monoisotopic (exact) mass is 315 g/mol. The van der Waals surface area contributed by atoms with Gasteiger partial charge in [-0.05, 0) is 57.4 Å². The van der Waals surface area contributed by atoms with E-state index in [4.69, 9.17) is 0 Å². The predicted molar refractivity (Wildman–Crippen MR) is 76.5 cm³/mol. The summed E-state index contributed by atoms with van der Waals surface area (Å²) in [6.07, 6.45) is 1.16. The molecule has 16 heavy (non-hydrogen) atoms. The molecular weight excluding hydrogens is 302 g/mol. The molecule has 2 heterocycles. The van der Waals surface area contributed by atoms with Crippen LogP contribution in [0.2, 0.25) is 0 Å². The molecule has 2 aromatic rings. The summed E-state index contributed by atoms with van der Waals surface area (Å²) in [7, 11) is 0. The molecule has 2 aromatic heterocycles. The molecule has 1 atom stereocenters.